The van der Waals surface area contributed by atoms with E-state index in [4.69, 9.17) is 0 Å². The van der Waals surface area contributed by atoms with Crippen LogP contribution in [-0.4, -0.2) is 0 Å². The molecule has 0 heterocycles. The molecule has 0 N–H and O–H groups in total. The summed E-state index contributed by atoms with van der Waals surface area (Å²) in [5.41, 5.74) is 5.01. The van der Waals surface area contributed by atoms with Gasteiger partial charge in [0.2, 0.25) is 0 Å². The fourth-order valence-electron chi connectivity index (χ4n) is 2.51. The van der Waals surface area contributed by atoms with Gasteiger partial charge in [-0.3, -0.25) is 0 Å². The van der Waals surface area contributed by atoms with E-state index in [9.17, 15) is 0 Å². The molecule has 2 rings (SSSR count). The van der Waals surface area contributed by atoms with Crippen molar-refractivity contribution in [3.63, 3.8) is 0 Å². The minimum absolute atomic E-state index is 0.313. The monoisotopic (exact) mass is 392 g/mol. The molecule has 0 bridgehead atoms. The molecule has 0 saturated heterocycles. The molecule has 0 fully saturated rings. The Labute approximate surface area is 116 Å². The van der Waals surface area contributed by atoms with Crippen molar-refractivity contribution in [2.45, 2.75) is 34.6 Å². The normalized spacial score (nSPS) is 18.9. The van der Waals surface area contributed by atoms with Crippen molar-refractivity contribution in [3.05, 3.63) is 50.4 Å². The van der Waals surface area contributed by atoms with Crippen molar-refractivity contribution in [2.24, 2.45) is 5.41 Å². The Balaban J connectivity index is 2.36. The number of hydrogen-bond donors (Lipinski definition) is 0. The first-order valence-corrected chi connectivity index (χ1v) is 9.75. The molecule has 0 aliphatic heterocycles. The van der Waals surface area contributed by atoms with Gasteiger partial charge < -0.3 is 0 Å². The molecule has 1 aliphatic carbocycles. The molecule has 1 aliphatic rings. The summed E-state index contributed by atoms with van der Waals surface area (Å²) in [5, 5.41) is 0. The number of benzene rings is 1. The zero-order chi connectivity index (χ0) is 12.6. The molecule has 17 heavy (non-hydrogen) atoms. The van der Waals surface area contributed by atoms with Crippen molar-refractivity contribution in [3.8, 4) is 0 Å². The second-order valence-electron chi connectivity index (χ2n) is 5.37. The maximum absolute atomic E-state index is 2.40. The van der Waals surface area contributed by atoms with E-state index in [1.807, 2.05) is 0 Å². The van der Waals surface area contributed by atoms with Gasteiger partial charge in [-0.15, -0.1) is 0 Å². The van der Waals surface area contributed by atoms with Crippen LogP contribution in [0.15, 0.2) is 50.4 Å². The third-order valence-corrected chi connectivity index (χ3v) is 10.8. The van der Waals surface area contributed by atoms with Crippen LogP contribution < -0.4 is 3.32 Å². The van der Waals surface area contributed by atoms with E-state index in [0.29, 0.717) is 5.41 Å². The molecule has 0 amide bonds. The Kier molecular flexibility index (Phi) is 3.58. The molecule has 88 valence electrons. The molecule has 0 aromatic heterocycles. The Morgan fingerprint density at radius 2 is 1.47 bits per heavy atom. The van der Waals surface area contributed by atoms with E-state index in [2.05, 4.69) is 65.0 Å². The summed E-state index contributed by atoms with van der Waals surface area (Å²) in [6.45, 7) is 11.7. The Morgan fingerprint density at radius 1 is 0.882 bits per heavy atom. The van der Waals surface area contributed by atoms with Crippen LogP contribution in [0.5, 0.6) is 0 Å². The molecule has 0 radical (unpaired) electrons. The van der Waals surface area contributed by atoms with E-state index in [1.54, 1.807) is 17.8 Å². The van der Waals surface area contributed by atoms with Gasteiger partial charge in [-0.1, -0.05) is 0 Å². The number of allylic oxidation sites excluding steroid dienone is 4. The van der Waals surface area contributed by atoms with Gasteiger partial charge in [0.25, 0.3) is 0 Å². The summed E-state index contributed by atoms with van der Waals surface area (Å²) in [7, 11) is 0. The van der Waals surface area contributed by atoms with E-state index in [-0.39, 0.29) is 0 Å². The Bertz CT molecular complexity index is 490. The summed E-state index contributed by atoms with van der Waals surface area (Å²) in [6, 6.07) is 11.1. The molecule has 0 atom stereocenters. The van der Waals surface area contributed by atoms with Crippen LogP contribution in [0.1, 0.15) is 34.6 Å². The van der Waals surface area contributed by atoms with Gasteiger partial charge in [0.15, 0.2) is 0 Å². The first-order valence-electron chi connectivity index (χ1n) is 6.16. The Morgan fingerprint density at radius 3 is 1.94 bits per heavy atom. The molecule has 0 nitrogen and oxygen atoms in total. The van der Waals surface area contributed by atoms with Gasteiger partial charge in [-0.2, -0.15) is 0 Å². The topological polar surface area (TPSA) is 0 Å². The second kappa shape index (κ2) is 4.68. The van der Waals surface area contributed by atoms with Crippen molar-refractivity contribution >= 4 is 3.32 Å². The van der Waals surface area contributed by atoms with E-state index in [1.165, 1.54) is 5.57 Å². The number of rotatable bonds is 2. The first-order chi connectivity index (χ1) is 7.94. The molecule has 1 aromatic rings. The third kappa shape index (κ3) is 2.27. The van der Waals surface area contributed by atoms with Crippen LogP contribution in [-0.2, 0) is 22.9 Å². The van der Waals surface area contributed by atoms with Crippen LogP contribution in [0.4, 0.5) is 0 Å². The summed E-state index contributed by atoms with van der Waals surface area (Å²) < 4.78 is 3.39. The minimum atomic E-state index is -0.868. The average Bonchev–Trinajstić information content (AvgIpc) is 2.46. The fraction of sp³-hybridized carbons (Fsp3) is 0.375. The summed E-state index contributed by atoms with van der Waals surface area (Å²) in [6.07, 6.45) is 0. The quantitative estimate of drug-likeness (QED) is 0.668. The van der Waals surface area contributed by atoms with Crippen LogP contribution in [0, 0.1) is 5.41 Å². The standard InChI is InChI=1S/C10H15.C6H5.Hf/c1-7-6-10(4,5)9(3)8(7)2;1-2-4-6-5-3-1;/h1-5H3;1-5H;. The molecule has 1 aromatic carbocycles. The van der Waals surface area contributed by atoms with Crippen LogP contribution in [0.3, 0.4) is 0 Å². The first kappa shape index (κ1) is 13.0. The second-order valence-corrected chi connectivity index (χ2v) is 10.1. The zero-order valence-corrected chi connectivity index (χ0v) is 15.0. The van der Waals surface area contributed by atoms with Gasteiger partial charge in [0, 0.05) is 0 Å². The van der Waals surface area contributed by atoms with E-state index < -0.39 is 22.9 Å². The van der Waals surface area contributed by atoms with Gasteiger partial charge in [-0.05, 0) is 0 Å². The predicted octanol–water partition coefficient (Wildman–Crippen LogP) is 4.04. The predicted molar refractivity (Wildman–Crippen MR) is 70.9 cm³/mol. The van der Waals surface area contributed by atoms with Crippen molar-refractivity contribution in [1.82, 2.24) is 0 Å². The van der Waals surface area contributed by atoms with Gasteiger partial charge in [0.1, 0.15) is 0 Å². The summed E-state index contributed by atoms with van der Waals surface area (Å²) in [4.78, 5) is 0. The molecular weight excluding hydrogens is 371 g/mol. The van der Waals surface area contributed by atoms with Crippen LogP contribution in [0.2, 0.25) is 0 Å². The number of hydrogen-bond acceptors (Lipinski definition) is 0. The Hall–Kier alpha value is -0.430. The average molecular weight is 391 g/mol. The summed E-state index contributed by atoms with van der Waals surface area (Å²) >= 11 is -0.868. The summed E-state index contributed by atoms with van der Waals surface area (Å²) in [5.74, 6) is 0. The molecule has 0 unspecified atom stereocenters. The van der Waals surface area contributed by atoms with Crippen LogP contribution >= 0.6 is 0 Å². The fourth-order valence-corrected chi connectivity index (χ4v) is 7.98. The van der Waals surface area contributed by atoms with Gasteiger partial charge >= 0.3 is 117 Å². The molecule has 0 spiro atoms. The third-order valence-electron chi connectivity index (χ3n) is 4.11. The van der Waals surface area contributed by atoms with Crippen molar-refractivity contribution < 1.29 is 22.9 Å². The van der Waals surface area contributed by atoms with E-state index >= 15 is 0 Å². The van der Waals surface area contributed by atoms with E-state index in [0.717, 1.165) is 0 Å². The maximum atomic E-state index is 2.40. The molecule has 0 saturated carbocycles. The molecule has 1 heteroatoms. The SMILES string of the molecule is CC1=C(C)C(C)(C)[C]([Hf][c]2ccccc2)=C1C. The van der Waals surface area contributed by atoms with Crippen molar-refractivity contribution in [2.75, 3.05) is 0 Å². The molecular formula is C16H20Hf. The van der Waals surface area contributed by atoms with Crippen molar-refractivity contribution in [1.29, 1.82) is 0 Å². The van der Waals surface area contributed by atoms with Gasteiger partial charge in [0.05, 0.1) is 0 Å². The van der Waals surface area contributed by atoms with Gasteiger partial charge in [-0.25, -0.2) is 0 Å². The van der Waals surface area contributed by atoms with Crippen LogP contribution in [0.25, 0.3) is 0 Å². The zero-order valence-electron chi connectivity index (χ0n) is 11.4.